The predicted octanol–water partition coefficient (Wildman–Crippen LogP) is 2.19. The minimum Gasteiger partial charge on any atom is -0.497 e. The quantitative estimate of drug-likeness (QED) is 0.637. The Bertz CT molecular complexity index is 368. The maximum atomic E-state index is 10.5. The Morgan fingerprint density at radius 1 is 1.38 bits per heavy atom. The number of methoxy groups -OCH3 is 2. The smallest absolute Gasteiger partial charge is 0.313 e. The summed E-state index contributed by atoms with van der Waals surface area (Å²) in [6, 6.07) is 5.55. The van der Waals surface area contributed by atoms with E-state index >= 15 is 0 Å². The molecule has 1 rings (SSSR count). The lowest BCUT2D eigenvalue weighted by molar-refractivity contribution is 0.260. The van der Waals surface area contributed by atoms with Crippen LogP contribution in [-0.2, 0) is 6.42 Å². The van der Waals surface area contributed by atoms with Crippen molar-refractivity contribution in [3.63, 3.8) is 0 Å². The summed E-state index contributed by atoms with van der Waals surface area (Å²) < 4.78 is 10.3. The van der Waals surface area contributed by atoms with E-state index in [9.17, 15) is 4.79 Å². The van der Waals surface area contributed by atoms with Gasteiger partial charge in [0.1, 0.15) is 11.5 Å². The maximum absolute atomic E-state index is 10.5. The molecule has 0 saturated heterocycles. The van der Waals surface area contributed by atoms with Gasteiger partial charge in [-0.1, -0.05) is 6.07 Å². The van der Waals surface area contributed by atoms with Crippen LogP contribution >= 0.6 is 11.6 Å². The third-order valence-electron chi connectivity index (χ3n) is 2.15. The van der Waals surface area contributed by atoms with Crippen LogP contribution in [0.2, 0.25) is 0 Å². The number of halogens is 1. The first-order valence-electron chi connectivity index (χ1n) is 4.81. The van der Waals surface area contributed by atoms with Crippen molar-refractivity contribution in [2.24, 2.45) is 0 Å². The van der Waals surface area contributed by atoms with E-state index in [0.29, 0.717) is 13.0 Å². The molecule has 1 aromatic rings. The number of ether oxygens (including phenoxy) is 2. The first-order valence-corrected chi connectivity index (χ1v) is 5.19. The minimum atomic E-state index is -0.549. The van der Waals surface area contributed by atoms with Gasteiger partial charge in [-0.3, -0.25) is 4.79 Å². The first-order chi connectivity index (χ1) is 7.67. The highest BCUT2D eigenvalue weighted by molar-refractivity contribution is 6.62. The third-order valence-corrected chi connectivity index (χ3v) is 2.29. The molecule has 0 aliphatic heterocycles. The molecule has 0 saturated carbocycles. The van der Waals surface area contributed by atoms with Crippen LogP contribution in [0.15, 0.2) is 18.2 Å². The van der Waals surface area contributed by atoms with E-state index in [4.69, 9.17) is 21.1 Å². The van der Waals surface area contributed by atoms with Gasteiger partial charge in [-0.2, -0.15) is 0 Å². The van der Waals surface area contributed by atoms with Gasteiger partial charge >= 0.3 is 5.37 Å². The first kappa shape index (κ1) is 12.6. The molecule has 0 bridgehead atoms. The van der Waals surface area contributed by atoms with Crippen LogP contribution in [0.1, 0.15) is 5.56 Å². The van der Waals surface area contributed by atoms with Crippen LogP contribution in [0.3, 0.4) is 0 Å². The molecule has 0 aromatic heterocycles. The summed E-state index contributed by atoms with van der Waals surface area (Å²) in [6.07, 6.45) is 0.658. The van der Waals surface area contributed by atoms with Crippen molar-refractivity contribution in [2.75, 3.05) is 20.8 Å². The molecule has 0 spiro atoms. The van der Waals surface area contributed by atoms with E-state index in [0.717, 1.165) is 17.1 Å². The normalized spacial score (nSPS) is 9.69. The fourth-order valence-corrected chi connectivity index (χ4v) is 1.45. The zero-order valence-electron chi connectivity index (χ0n) is 9.25. The highest BCUT2D eigenvalue weighted by atomic mass is 35.5. The fourth-order valence-electron chi connectivity index (χ4n) is 1.35. The molecule has 88 valence electrons. The molecule has 1 amide bonds. The van der Waals surface area contributed by atoms with E-state index < -0.39 is 5.37 Å². The molecular formula is C11H14ClNO3. The topological polar surface area (TPSA) is 47.6 Å². The van der Waals surface area contributed by atoms with Gasteiger partial charge in [-0.25, -0.2) is 0 Å². The fraction of sp³-hybridized carbons (Fsp3) is 0.364. The van der Waals surface area contributed by atoms with Gasteiger partial charge in [-0.05, 0) is 29.7 Å². The van der Waals surface area contributed by atoms with Crippen LogP contribution in [0.5, 0.6) is 11.5 Å². The molecule has 0 aliphatic carbocycles. The summed E-state index contributed by atoms with van der Waals surface area (Å²) in [4.78, 5) is 10.5. The Hall–Kier alpha value is -1.42. The second-order valence-corrected chi connectivity index (χ2v) is 3.47. The van der Waals surface area contributed by atoms with E-state index in [1.165, 1.54) is 0 Å². The van der Waals surface area contributed by atoms with Crippen molar-refractivity contribution in [3.05, 3.63) is 23.8 Å². The summed E-state index contributed by atoms with van der Waals surface area (Å²) in [5.41, 5.74) is 0.994. The van der Waals surface area contributed by atoms with Gasteiger partial charge in [-0.15, -0.1) is 0 Å². The highest BCUT2D eigenvalue weighted by Gasteiger charge is 2.05. The molecule has 16 heavy (non-hydrogen) atoms. The summed E-state index contributed by atoms with van der Waals surface area (Å²) in [5, 5.41) is 1.96. The van der Waals surface area contributed by atoms with Gasteiger partial charge < -0.3 is 14.8 Å². The molecule has 0 unspecified atom stereocenters. The monoisotopic (exact) mass is 243 g/mol. The number of hydrogen-bond donors (Lipinski definition) is 1. The summed E-state index contributed by atoms with van der Waals surface area (Å²) in [6.45, 7) is 0.477. The molecule has 0 radical (unpaired) electrons. The minimum absolute atomic E-state index is 0.477. The van der Waals surface area contributed by atoms with E-state index in [-0.39, 0.29) is 0 Å². The summed E-state index contributed by atoms with van der Waals surface area (Å²) in [7, 11) is 3.20. The number of nitrogens with one attached hydrogen (secondary N) is 1. The van der Waals surface area contributed by atoms with Gasteiger partial charge in [0.25, 0.3) is 0 Å². The molecule has 0 heterocycles. The number of benzene rings is 1. The second kappa shape index (κ2) is 6.23. The Morgan fingerprint density at radius 2 is 2.12 bits per heavy atom. The number of carbonyl (C=O) groups excluding carboxylic acids is 1. The molecule has 1 aromatic carbocycles. The molecule has 0 atom stereocenters. The predicted molar refractivity (Wildman–Crippen MR) is 62.5 cm³/mol. The van der Waals surface area contributed by atoms with Crippen molar-refractivity contribution >= 4 is 17.0 Å². The van der Waals surface area contributed by atoms with Crippen molar-refractivity contribution in [2.45, 2.75) is 6.42 Å². The van der Waals surface area contributed by atoms with Gasteiger partial charge in [0.2, 0.25) is 0 Å². The second-order valence-electron chi connectivity index (χ2n) is 3.13. The molecule has 0 fully saturated rings. The third kappa shape index (κ3) is 3.62. The van der Waals surface area contributed by atoms with Crippen LogP contribution in [0.25, 0.3) is 0 Å². The molecule has 5 heteroatoms. The van der Waals surface area contributed by atoms with Gasteiger partial charge in [0.15, 0.2) is 0 Å². The van der Waals surface area contributed by atoms with Crippen molar-refractivity contribution in [1.29, 1.82) is 0 Å². The number of rotatable bonds is 5. The van der Waals surface area contributed by atoms with Gasteiger partial charge in [0, 0.05) is 12.6 Å². The molecule has 1 N–H and O–H groups in total. The lowest BCUT2D eigenvalue weighted by Crippen LogP contribution is -2.19. The maximum Gasteiger partial charge on any atom is 0.313 e. The lowest BCUT2D eigenvalue weighted by atomic mass is 10.1. The average molecular weight is 244 g/mol. The van der Waals surface area contributed by atoms with Crippen molar-refractivity contribution in [1.82, 2.24) is 5.32 Å². The highest BCUT2D eigenvalue weighted by Crippen LogP contribution is 2.24. The Labute approximate surface area is 99.5 Å². The SMILES string of the molecule is COc1ccc(CCNC(=O)Cl)c(OC)c1. The van der Waals surface area contributed by atoms with E-state index in [1.807, 2.05) is 12.1 Å². The molecule has 4 nitrogen and oxygen atoms in total. The van der Waals surface area contributed by atoms with Crippen molar-refractivity contribution in [3.8, 4) is 11.5 Å². The Balaban J connectivity index is 2.68. The van der Waals surface area contributed by atoms with Crippen LogP contribution in [0, 0.1) is 0 Å². The van der Waals surface area contributed by atoms with Crippen LogP contribution < -0.4 is 14.8 Å². The zero-order valence-corrected chi connectivity index (χ0v) is 10.0. The molecule has 0 aliphatic rings. The number of hydrogen-bond acceptors (Lipinski definition) is 3. The van der Waals surface area contributed by atoms with Crippen LogP contribution in [0.4, 0.5) is 4.79 Å². The Kier molecular flexibility index (Phi) is 4.92. The van der Waals surface area contributed by atoms with Gasteiger partial charge in [0.05, 0.1) is 14.2 Å². The standard InChI is InChI=1S/C11H14ClNO3/c1-15-9-4-3-8(10(7-9)16-2)5-6-13-11(12)14/h3-4,7H,5-6H2,1-2H3,(H,13,14). The summed E-state index contributed by atoms with van der Waals surface area (Å²) >= 11 is 5.16. The van der Waals surface area contributed by atoms with Crippen LogP contribution in [-0.4, -0.2) is 26.1 Å². The van der Waals surface area contributed by atoms with E-state index in [2.05, 4.69) is 5.32 Å². The van der Waals surface area contributed by atoms with Crippen molar-refractivity contribution < 1.29 is 14.3 Å². The lowest BCUT2D eigenvalue weighted by Gasteiger charge is -2.10. The number of amides is 1. The number of carbonyl (C=O) groups is 1. The van der Waals surface area contributed by atoms with E-state index in [1.54, 1.807) is 20.3 Å². The zero-order chi connectivity index (χ0) is 12.0. The summed E-state index contributed by atoms with van der Waals surface area (Å²) in [5.74, 6) is 1.48. The Morgan fingerprint density at radius 3 is 2.69 bits per heavy atom. The molecular weight excluding hydrogens is 230 g/mol. The average Bonchev–Trinajstić information content (AvgIpc) is 2.29. The largest absolute Gasteiger partial charge is 0.497 e.